The Bertz CT molecular complexity index is 1020. The predicted molar refractivity (Wildman–Crippen MR) is 112 cm³/mol. The first-order chi connectivity index (χ1) is 14.3. The zero-order valence-corrected chi connectivity index (χ0v) is 16.6. The van der Waals surface area contributed by atoms with Gasteiger partial charge in [0, 0.05) is 42.4 Å². The van der Waals surface area contributed by atoms with E-state index < -0.39 is 0 Å². The number of aromatic nitrogens is 3. The third-order valence-corrected chi connectivity index (χ3v) is 4.94. The van der Waals surface area contributed by atoms with Crippen LogP contribution < -0.4 is 14.8 Å². The second-order valence-corrected chi connectivity index (χ2v) is 6.74. The molecule has 0 saturated carbocycles. The van der Waals surface area contributed by atoms with Crippen molar-refractivity contribution in [3.05, 3.63) is 48.4 Å². The van der Waals surface area contributed by atoms with Crippen molar-refractivity contribution in [1.29, 1.82) is 0 Å². The Morgan fingerprint density at radius 2 is 2.00 bits per heavy atom. The molecule has 4 rings (SSSR count). The molecule has 7 heteroatoms. The van der Waals surface area contributed by atoms with Crippen LogP contribution in [0.15, 0.2) is 42.7 Å². The highest BCUT2D eigenvalue weighted by Gasteiger charge is 2.14. The minimum atomic E-state index is 0.437. The maximum atomic E-state index is 5.84. The van der Waals surface area contributed by atoms with Crippen molar-refractivity contribution in [1.82, 2.24) is 20.5 Å². The van der Waals surface area contributed by atoms with E-state index in [1.165, 1.54) is 5.57 Å². The van der Waals surface area contributed by atoms with Crippen LogP contribution in [-0.2, 0) is 4.74 Å². The fraction of sp³-hybridized carbons (Fsp3) is 0.318. The number of nitrogens with zero attached hydrogens (tertiary/aromatic N) is 3. The van der Waals surface area contributed by atoms with Crippen molar-refractivity contribution in [3.63, 3.8) is 0 Å². The molecule has 0 radical (unpaired) electrons. The van der Waals surface area contributed by atoms with Gasteiger partial charge in [0.05, 0.1) is 31.1 Å². The van der Waals surface area contributed by atoms with Crippen LogP contribution in [0.2, 0.25) is 0 Å². The normalized spacial score (nSPS) is 13.9. The molecule has 0 spiro atoms. The fourth-order valence-corrected chi connectivity index (χ4v) is 3.40. The summed E-state index contributed by atoms with van der Waals surface area (Å²) in [6.45, 7) is 2.82. The first-order valence-corrected chi connectivity index (χ1v) is 9.62. The maximum Gasteiger partial charge on any atom is 0.162 e. The van der Waals surface area contributed by atoms with Crippen LogP contribution in [0.25, 0.3) is 27.6 Å². The number of nitrogens with one attached hydrogen (secondary N) is 1. The van der Waals surface area contributed by atoms with E-state index in [1.807, 2.05) is 18.3 Å². The molecule has 150 valence electrons. The molecular formula is C22H24N4O3. The Balaban J connectivity index is 1.71. The topological polar surface area (TPSA) is 78.4 Å². The minimum Gasteiger partial charge on any atom is -0.493 e. The van der Waals surface area contributed by atoms with Crippen molar-refractivity contribution in [2.24, 2.45) is 0 Å². The molecule has 1 aliphatic heterocycles. The number of benzene rings is 1. The van der Waals surface area contributed by atoms with Crippen LogP contribution in [0.3, 0.4) is 0 Å². The SMILES string of the molecule is COCCOc1cc2c(-c3ccc(C4=CCNCC4)nc3)cnnc2cc1OC. The van der Waals surface area contributed by atoms with Crippen molar-refractivity contribution >= 4 is 16.5 Å². The lowest BCUT2D eigenvalue weighted by Gasteiger charge is -2.14. The fourth-order valence-electron chi connectivity index (χ4n) is 3.40. The maximum absolute atomic E-state index is 5.84. The summed E-state index contributed by atoms with van der Waals surface area (Å²) in [5.74, 6) is 1.27. The lowest BCUT2D eigenvalue weighted by molar-refractivity contribution is 0.144. The molecule has 7 nitrogen and oxygen atoms in total. The average molecular weight is 392 g/mol. The summed E-state index contributed by atoms with van der Waals surface area (Å²) >= 11 is 0. The van der Waals surface area contributed by atoms with E-state index >= 15 is 0 Å². The molecule has 0 fully saturated rings. The molecule has 0 bridgehead atoms. The van der Waals surface area contributed by atoms with E-state index in [0.717, 1.165) is 47.2 Å². The largest absolute Gasteiger partial charge is 0.493 e. The summed E-state index contributed by atoms with van der Waals surface area (Å²) < 4.78 is 16.4. The third kappa shape index (κ3) is 4.21. The summed E-state index contributed by atoms with van der Waals surface area (Å²) in [4.78, 5) is 4.69. The smallest absolute Gasteiger partial charge is 0.162 e. The molecule has 1 aliphatic rings. The summed E-state index contributed by atoms with van der Waals surface area (Å²) in [7, 11) is 3.25. The van der Waals surface area contributed by atoms with Crippen LogP contribution in [0, 0.1) is 0 Å². The second-order valence-electron chi connectivity index (χ2n) is 6.74. The quantitative estimate of drug-likeness (QED) is 0.619. The van der Waals surface area contributed by atoms with Gasteiger partial charge in [0.2, 0.25) is 0 Å². The summed E-state index contributed by atoms with van der Waals surface area (Å²) in [5.41, 5.74) is 4.98. The van der Waals surface area contributed by atoms with E-state index in [2.05, 4.69) is 38.7 Å². The molecule has 0 atom stereocenters. The first-order valence-electron chi connectivity index (χ1n) is 9.62. The van der Waals surface area contributed by atoms with Crippen LogP contribution in [0.1, 0.15) is 12.1 Å². The zero-order chi connectivity index (χ0) is 20.1. The molecule has 0 unspecified atom stereocenters. The molecule has 1 N–H and O–H groups in total. The molecule has 2 aromatic heterocycles. The average Bonchev–Trinajstić information content (AvgIpc) is 2.79. The molecule has 3 aromatic rings. The van der Waals surface area contributed by atoms with Gasteiger partial charge in [-0.1, -0.05) is 12.1 Å². The summed E-state index contributed by atoms with van der Waals surface area (Å²) in [6.07, 6.45) is 6.84. The van der Waals surface area contributed by atoms with Gasteiger partial charge < -0.3 is 19.5 Å². The Labute approximate surface area is 169 Å². The number of rotatable bonds is 7. The first kappa shape index (κ1) is 19.3. The number of fused-ring (bicyclic) bond motifs is 1. The third-order valence-electron chi connectivity index (χ3n) is 4.94. The monoisotopic (exact) mass is 392 g/mol. The van der Waals surface area contributed by atoms with Gasteiger partial charge in [0.25, 0.3) is 0 Å². The van der Waals surface area contributed by atoms with Crippen molar-refractivity contribution in [2.45, 2.75) is 6.42 Å². The Hall–Kier alpha value is -3.03. The van der Waals surface area contributed by atoms with E-state index in [9.17, 15) is 0 Å². The molecule has 0 amide bonds. The number of ether oxygens (including phenoxy) is 3. The molecule has 29 heavy (non-hydrogen) atoms. The molecular weight excluding hydrogens is 368 g/mol. The number of hydrogen-bond acceptors (Lipinski definition) is 7. The van der Waals surface area contributed by atoms with Crippen LogP contribution in [-0.4, -0.2) is 55.7 Å². The van der Waals surface area contributed by atoms with Crippen LogP contribution in [0.4, 0.5) is 0 Å². The Morgan fingerprint density at radius 3 is 2.72 bits per heavy atom. The van der Waals surface area contributed by atoms with Crippen LogP contribution >= 0.6 is 0 Å². The number of pyridine rings is 1. The lowest BCUT2D eigenvalue weighted by atomic mass is 10.0. The van der Waals surface area contributed by atoms with E-state index in [1.54, 1.807) is 20.4 Å². The highest BCUT2D eigenvalue weighted by molar-refractivity contribution is 5.95. The molecule has 0 aliphatic carbocycles. The summed E-state index contributed by atoms with van der Waals surface area (Å²) in [5, 5.41) is 12.7. The standard InChI is InChI=1S/C22H24N4O3/c1-27-9-10-29-22-11-17-18(14-25-26-20(17)12-21(22)28-2)16-3-4-19(24-13-16)15-5-7-23-8-6-15/h3-5,11-14,23H,6-10H2,1-2H3. The van der Waals surface area contributed by atoms with Crippen LogP contribution in [0.5, 0.6) is 11.5 Å². The van der Waals surface area contributed by atoms with E-state index in [0.29, 0.717) is 24.7 Å². The van der Waals surface area contributed by atoms with E-state index in [4.69, 9.17) is 14.2 Å². The van der Waals surface area contributed by atoms with Crippen molar-refractivity contribution in [2.75, 3.05) is 40.5 Å². The van der Waals surface area contributed by atoms with Gasteiger partial charge >= 0.3 is 0 Å². The zero-order valence-electron chi connectivity index (χ0n) is 16.6. The van der Waals surface area contributed by atoms with Gasteiger partial charge in [-0.05, 0) is 30.7 Å². The minimum absolute atomic E-state index is 0.437. The van der Waals surface area contributed by atoms with Gasteiger partial charge in [-0.25, -0.2) is 0 Å². The summed E-state index contributed by atoms with van der Waals surface area (Å²) in [6, 6.07) is 7.93. The molecule has 0 saturated heterocycles. The number of hydrogen-bond donors (Lipinski definition) is 1. The van der Waals surface area contributed by atoms with Crippen molar-refractivity contribution < 1.29 is 14.2 Å². The van der Waals surface area contributed by atoms with Gasteiger partial charge in [0.1, 0.15) is 6.61 Å². The highest BCUT2D eigenvalue weighted by atomic mass is 16.5. The number of methoxy groups -OCH3 is 2. The second kappa shape index (κ2) is 8.98. The lowest BCUT2D eigenvalue weighted by Crippen LogP contribution is -2.20. The molecule has 3 heterocycles. The van der Waals surface area contributed by atoms with Gasteiger partial charge in [-0.2, -0.15) is 10.2 Å². The molecule has 1 aromatic carbocycles. The van der Waals surface area contributed by atoms with Gasteiger partial charge in [-0.3, -0.25) is 4.98 Å². The van der Waals surface area contributed by atoms with Gasteiger partial charge in [-0.15, -0.1) is 0 Å². The van der Waals surface area contributed by atoms with Crippen molar-refractivity contribution in [3.8, 4) is 22.6 Å². The Kier molecular flexibility index (Phi) is 5.97. The Morgan fingerprint density at radius 1 is 1.07 bits per heavy atom. The highest BCUT2D eigenvalue weighted by Crippen LogP contribution is 2.36. The predicted octanol–water partition coefficient (Wildman–Crippen LogP) is 3.10. The van der Waals surface area contributed by atoms with Gasteiger partial charge in [0.15, 0.2) is 11.5 Å². The van der Waals surface area contributed by atoms with E-state index in [-0.39, 0.29) is 0 Å².